The highest BCUT2D eigenvalue weighted by Gasteiger charge is 2.08. The smallest absolute Gasteiger partial charge is 0.136 e. The molecule has 0 rings (SSSR count). The van der Waals surface area contributed by atoms with Gasteiger partial charge in [0.05, 0.1) is 0 Å². The van der Waals surface area contributed by atoms with Crippen LogP contribution in [0, 0.1) is 5.92 Å². The highest BCUT2D eigenvalue weighted by atomic mass is 16.1. The van der Waals surface area contributed by atoms with Crippen LogP contribution in [0.15, 0.2) is 12.2 Å². The Kier molecular flexibility index (Phi) is 8.61. The molecular weight excluding hydrogens is 172 g/mol. The van der Waals surface area contributed by atoms with Crippen molar-refractivity contribution in [2.24, 2.45) is 5.92 Å². The first-order valence-corrected chi connectivity index (χ1v) is 5.89. The van der Waals surface area contributed by atoms with Gasteiger partial charge in [-0.2, -0.15) is 0 Å². The van der Waals surface area contributed by atoms with E-state index in [4.69, 9.17) is 0 Å². The summed E-state index contributed by atoms with van der Waals surface area (Å²) in [6, 6.07) is 0. The SMILES string of the molecule is CCCC/C=C\C(CCCC)C(C)=O. The summed E-state index contributed by atoms with van der Waals surface area (Å²) < 4.78 is 0. The van der Waals surface area contributed by atoms with E-state index in [2.05, 4.69) is 26.0 Å². The Bertz CT molecular complexity index is 170. The maximum absolute atomic E-state index is 11.3. The molecule has 0 saturated carbocycles. The van der Waals surface area contributed by atoms with E-state index in [1.807, 2.05) is 0 Å². The third-order valence-electron chi connectivity index (χ3n) is 2.48. The Balaban J connectivity index is 3.83. The van der Waals surface area contributed by atoms with Crippen molar-refractivity contribution in [3.63, 3.8) is 0 Å². The Hall–Kier alpha value is -0.590. The van der Waals surface area contributed by atoms with E-state index in [0.717, 1.165) is 19.3 Å². The highest BCUT2D eigenvalue weighted by Crippen LogP contribution is 2.12. The Morgan fingerprint density at radius 3 is 2.36 bits per heavy atom. The van der Waals surface area contributed by atoms with Gasteiger partial charge in [0, 0.05) is 5.92 Å². The van der Waals surface area contributed by atoms with Gasteiger partial charge < -0.3 is 0 Å². The lowest BCUT2D eigenvalue weighted by Gasteiger charge is -2.07. The summed E-state index contributed by atoms with van der Waals surface area (Å²) in [4.78, 5) is 11.3. The van der Waals surface area contributed by atoms with E-state index in [1.54, 1.807) is 6.92 Å². The normalized spacial score (nSPS) is 13.4. The lowest BCUT2D eigenvalue weighted by molar-refractivity contribution is -0.119. The van der Waals surface area contributed by atoms with Gasteiger partial charge in [-0.15, -0.1) is 0 Å². The molecule has 0 amide bonds. The number of hydrogen-bond donors (Lipinski definition) is 0. The third kappa shape index (κ3) is 6.88. The lowest BCUT2D eigenvalue weighted by atomic mass is 9.97. The molecule has 1 nitrogen and oxygen atoms in total. The van der Waals surface area contributed by atoms with Gasteiger partial charge in [-0.05, 0) is 19.8 Å². The van der Waals surface area contributed by atoms with Crippen molar-refractivity contribution in [1.29, 1.82) is 0 Å². The van der Waals surface area contributed by atoms with Crippen molar-refractivity contribution in [2.45, 2.75) is 59.3 Å². The van der Waals surface area contributed by atoms with Crippen molar-refractivity contribution in [2.75, 3.05) is 0 Å². The second-order valence-corrected chi connectivity index (χ2v) is 3.93. The molecule has 0 aliphatic heterocycles. The molecule has 0 heterocycles. The average Bonchev–Trinajstić information content (AvgIpc) is 2.16. The van der Waals surface area contributed by atoms with Crippen molar-refractivity contribution in [3.8, 4) is 0 Å². The summed E-state index contributed by atoms with van der Waals surface area (Å²) in [5.41, 5.74) is 0. The van der Waals surface area contributed by atoms with Crippen LogP contribution in [0.2, 0.25) is 0 Å². The summed E-state index contributed by atoms with van der Waals surface area (Å²) in [6.45, 7) is 6.05. The number of Topliss-reactive ketones (excluding diaryl/α,β-unsaturated/α-hetero) is 1. The zero-order valence-corrected chi connectivity index (χ0v) is 9.88. The molecule has 0 bridgehead atoms. The molecule has 0 aromatic rings. The maximum atomic E-state index is 11.3. The minimum Gasteiger partial charge on any atom is -0.299 e. The summed E-state index contributed by atoms with van der Waals surface area (Å²) in [6.07, 6.45) is 11.2. The van der Waals surface area contributed by atoms with E-state index in [0.29, 0.717) is 5.78 Å². The minimum absolute atomic E-state index is 0.173. The van der Waals surface area contributed by atoms with Crippen molar-refractivity contribution >= 4 is 5.78 Å². The van der Waals surface area contributed by atoms with Gasteiger partial charge in [-0.25, -0.2) is 0 Å². The number of carbonyl (C=O) groups is 1. The topological polar surface area (TPSA) is 17.1 Å². The molecule has 1 atom stereocenters. The quantitative estimate of drug-likeness (QED) is 0.421. The van der Waals surface area contributed by atoms with Crippen LogP contribution < -0.4 is 0 Å². The fourth-order valence-corrected chi connectivity index (χ4v) is 1.44. The van der Waals surface area contributed by atoms with Gasteiger partial charge in [0.25, 0.3) is 0 Å². The van der Waals surface area contributed by atoms with E-state index in [1.165, 1.54) is 19.3 Å². The summed E-state index contributed by atoms with van der Waals surface area (Å²) in [7, 11) is 0. The van der Waals surface area contributed by atoms with Crippen LogP contribution in [0.25, 0.3) is 0 Å². The number of hydrogen-bond acceptors (Lipinski definition) is 1. The van der Waals surface area contributed by atoms with Crippen molar-refractivity contribution in [3.05, 3.63) is 12.2 Å². The van der Waals surface area contributed by atoms with Gasteiger partial charge >= 0.3 is 0 Å². The predicted molar refractivity (Wildman–Crippen MR) is 62.4 cm³/mol. The van der Waals surface area contributed by atoms with E-state index >= 15 is 0 Å². The molecule has 0 aliphatic rings. The molecule has 0 aromatic heterocycles. The molecular formula is C13H24O. The number of carbonyl (C=O) groups excluding carboxylic acids is 1. The molecule has 1 unspecified atom stereocenters. The first-order valence-electron chi connectivity index (χ1n) is 5.89. The molecule has 0 aromatic carbocycles. The fraction of sp³-hybridized carbons (Fsp3) is 0.769. The highest BCUT2D eigenvalue weighted by molar-refractivity contribution is 5.79. The van der Waals surface area contributed by atoms with Crippen LogP contribution in [0.5, 0.6) is 0 Å². The lowest BCUT2D eigenvalue weighted by Crippen LogP contribution is -2.07. The van der Waals surface area contributed by atoms with Crippen LogP contribution in [0.3, 0.4) is 0 Å². The first-order chi connectivity index (χ1) is 6.72. The van der Waals surface area contributed by atoms with Crippen LogP contribution in [-0.4, -0.2) is 5.78 Å². The van der Waals surface area contributed by atoms with Crippen LogP contribution in [0.1, 0.15) is 59.3 Å². The van der Waals surface area contributed by atoms with Gasteiger partial charge in [0.1, 0.15) is 5.78 Å². The van der Waals surface area contributed by atoms with Crippen LogP contribution in [-0.2, 0) is 4.79 Å². The molecule has 1 heteroatoms. The second-order valence-electron chi connectivity index (χ2n) is 3.93. The summed E-state index contributed by atoms with van der Waals surface area (Å²) in [5.74, 6) is 0.484. The number of unbranched alkanes of at least 4 members (excludes halogenated alkanes) is 3. The Morgan fingerprint density at radius 2 is 1.86 bits per heavy atom. The maximum Gasteiger partial charge on any atom is 0.136 e. The van der Waals surface area contributed by atoms with Crippen LogP contribution in [0.4, 0.5) is 0 Å². The summed E-state index contributed by atoms with van der Waals surface area (Å²) >= 11 is 0. The first kappa shape index (κ1) is 13.4. The molecule has 14 heavy (non-hydrogen) atoms. The van der Waals surface area contributed by atoms with Gasteiger partial charge in [0.15, 0.2) is 0 Å². The van der Waals surface area contributed by atoms with Gasteiger partial charge in [-0.3, -0.25) is 4.79 Å². The monoisotopic (exact) mass is 196 g/mol. The number of rotatable bonds is 8. The molecule has 0 aliphatic carbocycles. The number of allylic oxidation sites excluding steroid dienone is 2. The number of ketones is 1. The zero-order chi connectivity index (χ0) is 10.8. The van der Waals surface area contributed by atoms with Crippen molar-refractivity contribution < 1.29 is 4.79 Å². The standard InChI is InChI=1S/C13H24O/c1-4-6-8-9-11-13(12(3)14)10-7-5-2/h9,11,13H,4-8,10H2,1-3H3/b11-9-. The summed E-state index contributed by atoms with van der Waals surface area (Å²) in [5, 5.41) is 0. The zero-order valence-electron chi connectivity index (χ0n) is 9.88. The predicted octanol–water partition coefficient (Wildman–Crippen LogP) is 4.13. The largest absolute Gasteiger partial charge is 0.299 e. The Morgan fingerprint density at radius 1 is 1.21 bits per heavy atom. The average molecular weight is 196 g/mol. The molecule has 0 fully saturated rings. The van der Waals surface area contributed by atoms with E-state index in [9.17, 15) is 4.79 Å². The van der Waals surface area contributed by atoms with Crippen LogP contribution >= 0.6 is 0 Å². The second kappa shape index (κ2) is 8.98. The van der Waals surface area contributed by atoms with E-state index < -0.39 is 0 Å². The molecule has 82 valence electrons. The third-order valence-corrected chi connectivity index (χ3v) is 2.48. The van der Waals surface area contributed by atoms with E-state index in [-0.39, 0.29) is 5.92 Å². The molecule has 0 spiro atoms. The molecule has 0 N–H and O–H groups in total. The molecule has 0 radical (unpaired) electrons. The Labute approximate surface area is 88.6 Å². The van der Waals surface area contributed by atoms with Gasteiger partial charge in [-0.1, -0.05) is 51.7 Å². The molecule has 0 saturated heterocycles. The minimum atomic E-state index is 0.173. The van der Waals surface area contributed by atoms with Gasteiger partial charge in [0.2, 0.25) is 0 Å². The fourth-order valence-electron chi connectivity index (χ4n) is 1.44. The van der Waals surface area contributed by atoms with Crippen molar-refractivity contribution in [1.82, 2.24) is 0 Å².